The van der Waals surface area contributed by atoms with E-state index in [1.807, 2.05) is 68.4 Å². The van der Waals surface area contributed by atoms with Crippen LogP contribution < -0.4 is 10.2 Å². The van der Waals surface area contributed by atoms with Crippen molar-refractivity contribution in [3.63, 3.8) is 0 Å². The molecule has 0 radical (unpaired) electrons. The molecule has 0 heterocycles. The van der Waals surface area contributed by atoms with Gasteiger partial charge in [0.25, 0.3) is 5.91 Å². The van der Waals surface area contributed by atoms with Gasteiger partial charge >= 0.3 is 0 Å². The normalized spacial score (nSPS) is 10.2. The minimum Gasteiger partial charge on any atom is -0.378 e. The fourth-order valence-corrected chi connectivity index (χ4v) is 2.03. The Kier molecular flexibility index (Phi) is 4.41. The molecule has 0 aliphatic rings. The van der Waals surface area contributed by atoms with E-state index in [2.05, 4.69) is 11.4 Å². The zero-order valence-electron chi connectivity index (χ0n) is 12.2. The van der Waals surface area contributed by atoms with Crippen molar-refractivity contribution in [1.82, 2.24) is 5.32 Å². The van der Waals surface area contributed by atoms with Crippen LogP contribution >= 0.6 is 0 Å². The molecule has 2 aromatic carbocycles. The van der Waals surface area contributed by atoms with Crippen LogP contribution in [0.2, 0.25) is 0 Å². The number of aryl methyl sites for hydroxylation is 1. The second-order valence-electron chi connectivity index (χ2n) is 5.12. The van der Waals surface area contributed by atoms with Crippen LogP contribution in [0.25, 0.3) is 0 Å². The lowest BCUT2D eigenvalue weighted by Crippen LogP contribution is -2.23. The summed E-state index contributed by atoms with van der Waals surface area (Å²) >= 11 is 0. The van der Waals surface area contributed by atoms with Gasteiger partial charge in [0.1, 0.15) is 0 Å². The molecule has 20 heavy (non-hydrogen) atoms. The van der Waals surface area contributed by atoms with Gasteiger partial charge in [-0.05, 0) is 30.7 Å². The van der Waals surface area contributed by atoms with Crippen molar-refractivity contribution in [2.24, 2.45) is 0 Å². The molecular formula is C17H20N2O. The third kappa shape index (κ3) is 3.60. The highest BCUT2D eigenvalue weighted by Crippen LogP contribution is 2.13. The third-order valence-corrected chi connectivity index (χ3v) is 3.16. The molecule has 0 aliphatic carbocycles. The molecule has 1 N–H and O–H groups in total. The van der Waals surface area contributed by atoms with Crippen molar-refractivity contribution in [2.45, 2.75) is 13.5 Å². The summed E-state index contributed by atoms with van der Waals surface area (Å²) in [5, 5.41) is 2.95. The van der Waals surface area contributed by atoms with Crippen LogP contribution in [-0.2, 0) is 6.54 Å². The Hall–Kier alpha value is -2.29. The van der Waals surface area contributed by atoms with E-state index in [4.69, 9.17) is 0 Å². The van der Waals surface area contributed by atoms with Crippen molar-refractivity contribution < 1.29 is 4.79 Å². The van der Waals surface area contributed by atoms with Gasteiger partial charge in [-0.3, -0.25) is 4.79 Å². The molecule has 0 atom stereocenters. The third-order valence-electron chi connectivity index (χ3n) is 3.16. The van der Waals surface area contributed by atoms with E-state index in [0.717, 1.165) is 11.3 Å². The van der Waals surface area contributed by atoms with Crippen LogP contribution in [0.1, 0.15) is 21.5 Å². The van der Waals surface area contributed by atoms with Crippen LogP contribution in [0.15, 0.2) is 48.5 Å². The SMILES string of the molecule is Cc1cccc(CNC(=O)c2cccc(N(C)C)c2)c1. The molecule has 3 nitrogen and oxygen atoms in total. The molecule has 1 amide bonds. The lowest BCUT2D eigenvalue weighted by Gasteiger charge is -2.13. The maximum atomic E-state index is 12.1. The fraction of sp³-hybridized carbons (Fsp3) is 0.235. The number of anilines is 1. The molecule has 0 aliphatic heterocycles. The number of amides is 1. The number of rotatable bonds is 4. The molecule has 3 heteroatoms. The Morgan fingerprint density at radius 2 is 1.85 bits per heavy atom. The highest BCUT2D eigenvalue weighted by Gasteiger charge is 2.06. The predicted molar refractivity (Wildman–Crippen MR) is 83.1 cm³/mol. The number of nitrogens with one attached hydrogen (secondary N) is 1. The Morgan fingerprint density at radius 1 is 1.10 bits per heavy atom. The van der Waals surface area contributed by atoms with E-state index in [0.29, 0.717) is 12.1 Å². The molecule has 0 saturated heterocycles. The summed E-state index contributed by atoms with van der Waals surface area (Å²) in [5.41, 5.74) is 4.02. The second kappa shape index (κ2) is 6.24. The van der Waals surface area contributed by atoms with Gasteiger partial charge in [0.2, 0.25) is 0 Å². The number of benzene rings is 2. The Labute approximate surface area is 120 Å². The Balaban J connectivity index is 2.03. The Bertz CT molecular complexity index is 605. The van der Waals surface area contributed by atoms with Crippen molar-refractivity contribution in [1.29, 1.82) is 0 Å². The van der Waals surface area contributed by atoms with Gasteiger partial charge in [-0.15, -0.1) is 0 Å². The average Bonchev–Trinajstić information content (AvgIpc) is 2.45. The van der Waals surface area contributed by atoms with Crippen LogP contribution in [0.3, 0.4) is 0 Å². The summed E-state index contributed by atoms with van der Waals surface area (Å²) in [6, 6.07) is 15.8. The molecule has 2 aromatic rings. The molecule has 0 unspecified atom stereocenters. The first kappa shape index (κ1) is 14.1. The van der Waals surface area contributed by atoms with Crippen molar-refractivity contribution in [3.8, 4) is 0 Å². The van der Waals surface area contributed by atoms with Crippen molar-refractivity contribution >= 4 is 11.6 Å². The highest BCUT2D eigenvalue weighted by atomic mass is 16.1. The minimum atomic E-state index is -0.0461. The average molecular weight is 268 g/mol. The summed E-state index contributed by atoms with van der Waals surface area (Å²) in [5.74, 6) is -0.0461. The van der Waals surface area contributed by atoms with Crippen molar-refractivity contribution in [3.05, 3.63) is 65.2 Å². The molecule has 0 fully saturated rings. The Morgan fingerprint density at radius 3 is 2.55 bits per heavy atom. The summed E-state index contributed by atoms with van der Waals surface area (Å²) in [6.07, 6.45) is 0. The van der Waals surface area contributed by atoms with Gasteiger partial charge in [-0.1, -0.05) is 35.9 Å². The first-order chi connectivity index (χ1) is 9.56. The number of hydrogen-bond acceptors (Lipinski definition) is 2. The van der Waals surface area contributed by atoms with Crippen LogP contribution in [0.5, 0.6) is 0 Å². The smallest absolute Gasteiger partial charge is 0.251 e. The fourth-order valence-electron chi connectivity index (χ4n) is 2.03. The van der Waals surface area contributed by atoms with E-state index >= 15 is 0 Å². The number of hydrogen-bond donors (Lipinski definition) is 1. The number of carbonyl (C=O) groups excluding carboxylic acids is 1. The molecule has 0 bridgehead atoms. The van der Waals surface area contributed by atoms with Gasteiger partial charge in [-0.2, -0.15) is 0 Å². The standard InChI is InChI=1S/C17H20N2O/c1-13-6-4-7-14(10-13)12-18-17(20)15-8-5-9-16(11-15)19(2)3/h4-11H,12H2,1-3H3,(H,18,20). The quantitative estimate of drug-likeness (QED) is 0.924. The maximum absolute atomic E-state index is 12.1. The van der Waals surface area contributed by atoms with E-state index in [1.165, 1.54) is 5.56 Å². The molecular weight excluding hydrogens is 248 g/mol. The first-order valence-corrected chi connectivity index (χ1v) is 6.67. The predicted octanol–water partition coefficient (Wildman–Crippen LogP) is 2.99. The van der Waals surface area contributed by atoms with Crippen LogP contribution in [0, 0.1) is 6.92 Å². The van der Waals surface area contributed by atoms with E-state index in [9.17, 15) is 4.79 Å². The second-order valence-corrected chi connectivity index (χ2v) is 5.12. The number of carbonyl (C=O) groups is 1. The molecule has 0 aromatic heterocycles. The zero-order valence-corrected chi connectivity index (χ0v) is 12.2. The summed E-state index contributed by atoms with van der Waals surface area (Å²) in [4.78, 5) is 14.1. The van der Waals surface area contributed by atoms with Gasteiger partial charge in [0.15, 0.2) is 0 Å². The van der Waals surface area contributed by atoms with E-state index < -0.39 is 0 Å². The van der Waals surface area contributed by atoms with Crippen LogP contribution in [0.4, 0.5) is 5.69 Å². The maximum Gasteiger partial charge on any atom is 0.251 e. The molecule has 0 saturated carbocycles. The lowest BCUT2D eigenvalue weighted by atomic mass is 10.1. The number of nitrogens with zero attached hydrogens (tertiary/aromatic N) is 1. The molecule has 0 spiro atoms. The summed E-state index contributed by atoms with van der Waals surface area (Å²) in [6.45, 7) is 2.60. The summed E-state index contributed by atoms with van der Waals surface area (Å²) in [7, 11) is 3.92. The van der Waals surface area contributed by atoms with Crippen molar-refractivity contribution in [2.75, 3.05) is 19.0 Å². The van der Waals surface area contributed by atoms with Gasteiger partial charge in [0, 0.05) is 31.9 Å². The molecule has 2 rings (SSSR count). The monoisotopic (exact) mass is 268 g/mol. The largest absolute Gasteiger partial charge is 0.378 e. The lowest BCUT2D eigenvalue weighted by molar-refractivity contribution is 0.0951. The van der Waals surface area contributed by atoms with Gasteiger partial charge in [-0.25, -0.2) is 0 Å². The summed E-state index contributed by atoms with van der Waals surface area (Å²) < 4.78 is 0. The zero-order chi connectivity index (χ0) is 14.5. The topological polar surface area (TPSA) is 32.3 Å². The minimum absolute atomic E-state index is 0.0461. The van der Waals surface area contributed by atoms with E-state index in [-0.39, 0.29) is 5.91 Å². The van der Waals surface area contributed by atoms with Crippen LogP contribution in [-0.4, -0.2) is 20.0 Å². The van der Waals surface area contributed by atoms with E-state index in [1.54, 1.807) is 0 Å². The van der Waals surface area contributed by atoms with Gasteiger partial charge in [0.05, 0.1) is 0 Å². The first-order valence-electron chi connectivity index (χ1n) is 6.67. The van der Waals surface area contributed by atoms with Gasteiger partial charge < -0.3 is 10.2 Å². The highest BCUT2D eigenvalue weighted by molar-refractivity contribution is 5.95. The molecule has 104 valence electrons.